The first-order valence-corrected chi connectivity index (χ1v) is 10.9. The van der Waals surface area contributed by atoms with Gasteiger partial charge in [0.15, 0.2) is 17.5 Å². The molecule has 7 nitrogen and oxygen atoms in total. The Balaban J connectivity index is 1.36. The fraction of sp³-hybridized carbons (Fsp3) is 0.417. The second-order valence-electron chi connectivity index (χ2n) is 7.23. The summed E-state index contributed by atoms with van der Waals surface area (Å²) in [5.74, 6) is 2.41. The summed E-state index contributed by atoms with van der Waals surface area (Å²) in [5.41, 5.74) is 3.45. The van der Waals surface area contributed by atoms with E-state index < -0.39 is 0 Å². The maximum atomic E-state index is 5.66. The van der Waals surface area contributed by atoms with Crippen LogP contribution < -0.4 is 20.1 Å². The number of methoxy groups -OCH3 is 1. The molecule has 7 heteroatoms. The maximum Gasteiger partial charge on any atom is 0.190 e. The molecule has 0 bridgehead atoms. The van der Waals surface area contributed by atoms with Gasteiger partial charge < -0.3 is 24.7 Å². The third kappa shape index (κ3) is 6.38. The standard InChI is InChI=1S/C24H33N5O2/c1-4-31-23-17-19(12-13-22(23)30-3)9-7-14-26-24(25-2)27-15-8-16-29-18-28-20-10-5-6-11-21(20)29/h5-6,10-13,17-18H,4,7-9,14-16H2,1-3H3,(H2,25,26,27). The fourth-order valence-corrected chi connectivity index (χ4v) is 3.51. The normalized spacial score (nSPS) is 11.5. The molecule has 166 valence electrons. The molecule has 2 aromatic carbocycles. The molecule has 0 fully saturated rings. The molecule has 2 N–H and O–H groups in total. The summed E-state index contributed by atoms with van der Waals surface area (Å²) in [4.78, 5) is 8.76. The second kappa shape index (κ2) is 11.8. The Kier molecular flexibility index (Phi) is 8.58. The molecule has 1 heterocycles. The van der Waals surface area contributed by atoms with E-state index in [1.807, 2.05) is 37.5 Å². The Bertz CT molecular complexity index is 983. The number of hydrogen-bond donors (Lipinski definition) is 2. The minimum atomic E-state index is 0.625. The highest BCUT2D eigenvalue weighted by Crippen LogP contribution is 2.28. The first-order chi connectivity index (χ1) is 15.2. The van der Waals surface area contributed by atoms with Crippen molar-refractivity contribution in [2.75, 3.05) is 33.9 Å². The van der Waals surface area contributed by atoms with E-state index in [9.17, 15) is 0 Å². The molecular formula is C24H33N5O2. The fourth-order valence-electron chi connectivity index (χ4n) is 3.51. The number of fused-ring (bicyclic) bond motifs is 1. The van der Waals surface area contributed by atoms with E-state index in [4.69, 9.17) is 9.47 Å². The zero-order valence-corrected chi connectivity index (χ0v) is 18.7. The zero-order chi connectivity index (χ0) is 21.9. The number of para-hydroxylation sites is 2. The van der Waals surface area contributed by atoms with Crippen LogP contribution in [0, 0.1) is 0 Å². The lowest BCUT2D eigenvalue weighted by Gasteiger charge is -2.13. The first kappa shape index (κ1) is 22.5. The summed E-state index contributed by atoms with van der Waals surface area (Å²) in [6.45, 7) is 5.22. The molecule has 0 amide bonds. The predicted octanol–water partition coefficient (Wildman–Crippen LogP) is 3.63. The number of ether oxygens (including phenoxy) is 2. The zero-order valence-electron chi connectivity index (χ0n) is 18.7. The van der Waals surface area contributed by atoms with Crippen LogP contribution in [-0.2, 0) is 13.0 Å². The van der Waals surface area contributed by atoms with Gasteiger partial charge in [0, 0.05) is 26.7 Å². The van der Waals surface area contributed by atoms with E-state index in [1.165, 1.54) is 11.1 Å². The van der Waals surface area contributed by atoms with Crippen LogP contribution in [0.4, 0.5) is 0 Å². The van der Waals surface area contributed by atoms with Crippen LogP contribution in [0.15, 0.2) is 53.8 Å². The summed E-state index contributed by atoms with van der Waals surface area (Å²) in [6.07, 6.45) is 4.86. The van der Waals surface area contributed by atoms with Gasteiger partial charge in [-0.15, -0.1) is 0 Å². The number of aliphatic imine (C=N–C) groups is 1. The Morgan fingerprint density at radius 2 is 1.87 bits per heavy atom. The summed E-state index contributed by atoms with van der Waals surface area (Å²) < 4.78 is 13.2. The highest BCUT2D eigenvalue weighted by Gasteiger charge is 2.06. The molecule has 1 aromatic heterocycles. The van der Waals surface area contributed by atoms with Gasteiger partial charge in [0.2, 0.25) is 0 Å². The minimum Gasteiger partial charge on any atom is -0.493 e. The lowest BCUT2D eigenvalue weighted by molar-refractivity contribution is 0.310. The van der Waals surface area contributed by atoms with Gasteiger partial charge in [-0.05, 0) is 56.0 Å². The van der Waals surface area contributed by atoms with Crippen LogP contribution in [0.25, 0.3) is 11.0 Å². The molecule has 0 saturated heterocycles. The molecule has 0 unspecified atom stereocenters. The lowest BCUT2D eigenvalue weighted by Crippen LogP contribution is -2.38. The molecule has 0 aliphatic heterocycles. The number of nitrogens with zero attached hydrogens (tertiary/aromatic N) is 3. The molecular weight excluding hydrogens is 390 g/mol. The van der Waals surface area contributed by atoms with Gasteiger partial charge in [-0.25, -0.2) is 4.98 Å². The SMILES string of the molecule is CCOc1cc(CCCNC(=NC)NCCCn2cnc3ccccc32)ccc1OC. The van der Waals surface area contributed by atoms with E-state index in [0.717, 1.165) is 61.9 Å². The first-order valence-electron chi connectivity index (χ1n) is 10.9. The summed E-state index contributed by atoms with van der Waals surface area (Å²) >= 11 is 0. The number of aromatic nitrogens is 2. The van der Waals surface area contributed by atoms with E-state index in [2.05, 4.69) is 43.4 Å². The molecule has 3 aromatic rings. The third-order valence-corrected chi connectivity index (χ3v) is 5.08. The summed E-state index contributed by atoms with van der Waals surface area (Å²) in [7, 11) is 3.47. The Labute approximate surface area is 184 Å². The van der Waals surface area contributed by atoms with Crippen LogP contribution in [0.3, 0.4) is 0 Å². The van der Waals surface area contributed by atoms with Crippen molar-refractivity contribution in [3.8, 4) is 11.5 Å². The third-order valence-electron chi connectivity index (χ3n) is 5.08. The molecule has 0 spiro atoms. The molecule has 0 atom stereocenters. The van der Waals surface area contributed by atoms with Crippen molar-refractivity contribution in [2.45, 2.75) is 32.7 Å². The second-order valence-corrected chi connectivity index (χ2v) is 7.23. The molecule has 0 aliphatic rings. The van der Waals surface area contributed by atoms with Crippen molar-refractivity contribution >= 4 is 17.0 Å². The lowest BCUT2D eigenvalue weighted by atomic mass is 10.1. The number of nitrogens with one attached hydrogen (secondary N) is 2. The monoisotopic (exact) mass is 423 g/mol. The van der Waals surface area contributed by atoms with Crippen molar-refractivity contribution in [1.29, 1.82) is 0 Å². The summed E-state index contributed by atoms with van der Waals surface area (Å²) in [5, 5.41) is 6.78. The van der Waals surface area contributed by atoms with Crippen LogP contribution >= 0.6 is 0 Å². The van der Waals surface area contributed by atoms with Crippen molar-refractivity contribution in [3.05, 3.63) is 54.4 Å². The van der Waals surface area contributed by atoms with Gasteiger partial charge in [-0.2, -0.15) is 0 Å². The van der Waals surface area contributed by atoms with Crippen LogP contribution in [0.1, 0.15) is 25.3 Å². The van der Waals surface area contributed by atoms with Crippen LogP contribution in [0.5, 0.6) is 11.5 Å². The quantitative estimate of drug-likeness (QED) is 0.280. The van der Waals surface area contributed by atoms with E-state index in [1.54, 1.807) is 14.2 Å². The largest absolute Gasteiger partial charge is 0.493 e. The highest BCUT2D eigenvalue weighted by molar-refractivity contribution is 5.79. The van der Waals surface area contributed by atoms with Gasteiger partial charge in [-0.1, -0.05) is 18.2 Å². The van der Waals surface area contributed by atoms with Crippen molar-refractivity contribution in [1.82, 2.24) is 20.2 Å². The average Bonchev–Trinajstić information content (AvgIpc) is 3.21. The maximum absolute atomic E-state index is 5.66. The number of hydrogen-bond acceptors (Lipinski definition) is 4. The molecule has 31 heavy (non-hydrogen) atoms. The van der Waals surface area contributed by atoms with E-state index >= 15 is 0 Å². The number of guanidine groups is 1. The smallest absolute Gasteiger partial charge is 0.190 e. The van der Waals surface area contributed by atoms with E-state index in [-0.39, 0.29) is 0 Å². The Morgan fingerprint density at radius 3 is 2.65 bits per heavy atom. The Morgan fingerprint density at radius 1 is 1.06 bits per heavy atom. The van der Waals surface area contributed by atoms with Gasteiger partial charge in [0.25, 0.3) is 0 Å². The number of benzene rings is 2. The number of aryl methyl sites for hydroxylation is 2. The number of imidazole rings is 1. The Hall–Kier alpha value is -3.22. The van der Waals surface area contributed by atoms with Crippen molar-refractivity contribution < 1.29 is 9.47 Å². The average molecular weight is 424 g/mol. The van der Waals surface area contributed by atoms with Crippen LogP contribution in [-0.4, -0.2) is 49.4 Å². The summed E-state index contributed by atoms with van der Waals surface area (Å²) in [6, 6.07) is 14.3. The van der Waals surface area contributed by atoms with Crippen molar-refractivity contribution in [2.24, 2.45) is 4.99 Å². The van der Waals surface area contributed by atoms with Crippen LogP contribution in [0.2, 0.25) is 0 Å². The molecule has 0 saturated carbocycles. The van der Waals surface area contributed by atoms with Gasteiger partial charge in [0.1, 0.15) is 0 Å². The molecule has 0 radical (unpaired) electrons. The van der Waals surface area contributed by atoms with E-state index in [0.29, 0.717) is 6.61 Å². The highest BCUT2D eigenvalue weighted by atomic mass is 16.5. The molecule has 0 aliphatic carbocycles. The topological polar surface area (TPSA) is 72.7 Å². The predicted molar refractivity (Wildman–Crippen MR) is 126 cm³/mol. The number of rotatable bonds is 11. The van der Waals surface area contributed by atoms with Gasteiger partial charge in [0.05, 0.1) is 31.1 Å². The molecule has 3 rings (SSSR count). The van der Waals surface area contributed by atoms with Crippen molar-refractivity contribution in [3.63, 3.8) is 0 Å². The van der Waals surface area contributed by atoms with Gasteiger partial charge >= 0.3 is 0 Å². The minimum absolute atomic E-state index is 0.625. The van der Waals surface area contributed by atoms with Gasteiger partial charge in [-0.3, -0.25) is 4.99 Å².